The van der Waals surface area contributed by atoms with Crippen molar-refractivity contribution < 1.29 is 9.21 Å². The van der Waals surface area contributed by atoms with E-state index < -0.39 is 0 Å². The molecule has 0 aliphatic rings. The van der Waals surface area contributed by atoms with E-state index in [0.29, 0.717) is 28.2 Å². The third-order valence-electron chi connectivity index (χ3n) is 4.99. The molecule has 0 spiro atoms. The second kappa shape index (κ2) is 8.71. The molecule has 1 amide bonds. The summed E-state index contributed by atoms with van der Waals surface area (Å²) < 4.78 is 6.85. The van der Waals surface area contributed by atoms with Crippen LogP contribution in [0.3, 0.4) is 0 Å². The summed E-state index contributed by atoms with van der Waals surface area (Å²) in [5.74, 6) is 0.394. The molecule has 1 N–H and O–H groups in total. The average molecular weight is 464 g/mol. The monoisotopic (exact) mass is 463 g/mol. The van der Waals surface area contributed by atoms with E-state index in [4.69, 9.17) is 4.42 Å². The fourth-order valence-corrected chi connectivity index (χ4v) is 3.60. The van der Waals surface area contributed by atoms with E-state index in [1.807, 2.05) is 42.5 Å². The molecule has 1 heterocycles. The Kier molecular flexibility index (Phi) is 5.86. The minimum Gasteiger partial charge on any atom is -0.436 e. The maximum atomic E-state index is 12.5. The van der Waals surface area contributed by atoms with Crippen LogP contribution in [0.4, 0.5) is 11.4 Å². The molecular weight excluding hydrogens is 442 g/mol. The average Bonchev–Trinajstić information content (AvgIpc) is 3.19. The van der Waals surface area contributed by atoms with Crippen molar-refractivity contribution in [3.8, 4) is 11.5 Å². The zero-order valence-electron chi connectivity index (χ0n) is 16.9. The van der Waals surface area contributed by atoms with E-state index in [1.165, 1.54) is 5.69 Å². The molecule has 0 saturated heterocycles. The number of fused-ring (bicyclic) bond motifs is 1. The number of anilines is 2. The quantitative estimate of drug-likeness (QED) is 0.361. The number of halogens is 1. The fourth-order valence-electron chi connectivity index (χ4n) is 3.34. The van der Waals surface area contributed by atoms with Gasteiger partial charge in [0, 0.05) is 40.1 Å². The van der Waals surface area contributed by atoms with Crippen LogP contribution in [0.5, 0.6) is 0 Å². The molecule has 0 atom stereocenters. The second-order valence-corrected chi connectivity index (χ2v) is 7.80. The van der Waals surface area contributed by atoms with Crippen LogP contribution in [0.15, 0.2) is 75.6 Å². The molecule has 0 radical (unpaired) electrons. The third-order valence-corrected chi connectivity index (χ3v) is 5.52. The molecule has 0 bridgehead atoms. The van der Waals surface area contributed by atoms with E-state index in [0.717, 1.165) is 23.1 Å². The number of hydrogen-bond acceptors (Lipinski definition) is 4. The van der Waals surface area contributed by atoms with E-state index in [1.54, 1.807) is 12.1 Å². The molecule has 6 heteroatoms. The summed E-state index contributed by atoms with van der Waals surface area (Å²) in [6.07, 6.45) is 0. The lowest BCUT2D eigenvalue weighted by Crippen LogP contribution is -2.21. The Bertz CT molecular complexity index is 1160. The molecule has 3 aromatic carbocycles. The Hall–Kier alpha value is -3.12. The number of amides is 1. The van der Waals surface area contributed by atoms with Crippen LogP contribution in [-0.4, -0.2) is 24.0 Å². The van der Waals surface area contributed by atoms with E-state index >= 15 is 0 Å². The summed E-state index contributed by atoms with van der Waals surface area (Å²) >= 11 is 3.38. The maximum absolute atomic E-state index is 12.5. The summed E-state index contributed by atoms with van der Waals surface area (Å²) in [7, 11) is 0. The fraction of sp³-hybridized carbons (Fsp3) is 0.167. The highest BCUT2D eigenvalue weighted by Gasteiger charge is 2.12. The Morgan fingerprint density at radius 1 is 1.00 bits per heavy atom. The van der Waals surface area contributed by atoms with E-state index in [9.17, 15) is 4.79 Å². The van der Waals surface area contributed by atoms with Crippen molar-refractivity contribution in [2.24, 2.45) is 0 Å². The first kappa shape index (κ1) is 20.2. The van der Waals surface area contributed by atoms with Gasteiger partial charge in [-0.3, -0.25) is 4.79 Å². The SMILES string of the molecule is CCN(CC)c1ccc(-c2nc3cc(NC(=O)c4ccc(Br)cc4)ccc3o2)cc1. The molecule has 30 heavy (non-hydrogen) atoms. The highest BCUT2D eigenvalue weighted by molar-refractivity contribution is 9.10. The number of rotatable bonds is 6. The van der Waals surface area contributed by atoms with Gasteiger partial charge in [-0.25, -0.2) is 4.98 Å². The van der Waals surface area contributed by atoms with E-state index in [-0.39, 0.29) is 5.91 Å². The van der Waals surface area contributed by atoms with Crippen LogP contribution in [0.25, 0.3) is 22.6 Å². The number of hydrogen-bond donors (Lipinski definition) is 1. The first-order chi connectivity index (χ1) is 14.6. The predicted molar refractivity (Wildman–Crippen MR) is 125 cm³/mol. The van der Waals surface area contributed by atoms with Gasteiger partial charge in [0.2, 0.25) is 5.89 Å². The number of aromatic nitrogens is 1. The van der Waals surface area contributed by atoms with Gasteiger partial charge in [-0.1, -0.05) is 15.9 Å². The molecule has 0 fully saturated rings. The van der Waals surface area contributed by atoms with Crippen LogP contribution in [0.1, 0.15) is 24.2 Å². The van der Waals surface area contributed by atoms with Gasteiger partial charge in [0.25, 0.3) is 5.91 Å². The first-order valence-electron chi connectivity index (χ1n) is 9.90. The summed E-state index contributed by atoms with van der Waals surface area (Å²) in [4.78, 5) is 19.4. The Balaban J connectivity index is 1.55. The number of nitrogens with zero attached hydrogens (tertiary/aromatic N) is 2. The molecule has 4 aromatic rings. The number of oxazole rings is 1. The van der Waals surface area contributed by atoms with Crippen LogP contribution in [0.2, 0.25) is 0 Å². The molecule has 0 unspecified atom stereocenters. The summed E-state index contributed by atoms with van der Waals surface area (Å²) in [5.41, 5.74) is 4.74. The molecule has 0 saturated carbocycles. The summed E-state index contributed by atoms with van der Waals surface area (Å²) in [6.45, 7) is 6.22. The van der Waals surface area contributed by atoms with Crippen molar-refractivity contribution >= 4 is 44.3 Å². The van der Waals surface area contributed by atoms with Gasteiger partial charge in [-0.2, -0.15) is 0 Å². The Labute approximate surface area is 183 Å². The largest absolute Gasteiger partial charge is 0.436 e. The molecular formula is C24H22BrN3O2. The van der Waals surface area contributed by atoms with Crippen LogP contribution in [0, 0.1) is 0 Å². The van der Waals surface area contributed by atoms with Gasteiger partial charge in [0.15, 0.2) is 5.58 Å². The summed E-state index contributed by atoms with van der Waals surface area (Å²) in [5, 5.41) is 2.91. The number of carbonyl (C=O) groups is 1. The molecule has 4 rings (SSSR count). The first-order valence-corrected chi connectivity index (χ1v) is 10.7. The Morgan fingerprint density at radius 3 is 2.37 bits per heavy atom. The molecule has 1 aromatic heterocycles. The number of carbonyl (C=O) groups excluding carboxylic acids is 1. The lowest BCUT2D eigenvalue weighted by atomic mass is 10.2. The standard InChI is InChI=1S/C24H22BrN3O2/c1-3-28(4-2)20-12-7-17(8-13-20)24-27-21-15-19(11-14-22(21)30-24)26-23(29)16-5-9-18(25)10-6-16/h5-15H,3-4H2,1-2H3,(H,26,29). The van der Waals surface area contributed by atoms with Gasteiger partial charge < -0.3 is 14.6 Å². The van der Waals surface area contributed by atoms with Crippen LogP contribution >= 0.6 is 15.9 Å². The van der Waals surface area contributed by atoms with Crippen LogP contribution in [-0.2, 0) is 0 Å². The molecule has 5 nitrogen and oxygen atoms in total. The van der Waals surface area contributed by atoms with Crippen molar-refractivity contribution in [1.82, 2.24) is 4.98 Å². The normalized spacial score (nSPS) is 10.9. The minimum absolute atomic E-state index is 0.169. The minimum atomic E-state index is -0.169. The van der Waals surface area contributed by atoms with E-state index in [2.05, 4.69) is 57.1 Å². The van der Waals surface area contributed by atoms with Crippen molar-refractivity contribution in [3.05, 3.63) is 76.8 Å². The van der Waals surface area contributed by atoms with Gasteiger partial charge >= 0.3 is 0 Å². The zero-order chi connectivity index (χ0) is 21.1. The third kappa shape index (κ3) is 4.24. The maximum Gasteiger partial charge on any atom is 0.255 e. The molecule has 152 valence electrons. The lowest BCUT2D eigenvalue weighted by molar-refractivity contribution is 0.102. The smallest absolute Gasteiger partial charge is 0.255 e. The van der Waals surface area contributed by atoms with Crippen molar-refractivity contribution in [2.75, 3.05) is 23.3 Å². The van der Waals surface area contributed by atoms with Crippen LogP contribution < -0.4 is 10.2 Å². The zero-order valence-corrected chi connectivity index (χ0v) is 18.4. The number of nitrogens with one attached hydrogen (secondary N) is 1. The van der Waals surface area contributed by atoms with Crippen molar-refractivity contribution in [1.29, 1.82) is 0 Å². The van der Waals surface area contributed by atoms with Gasteiger partial charge in [0.05, 0.1) is 0 Å². The highest BCUT2D eigenvalue weighted by Crippen LogP contribution is 2.28. The van der Waals surface area contributed by atoms with Crippen molar-refractivity contribution in [2.45, 2.75) is 13.8 Å². The van der Waals surface area contributed by atoms with Gasteiger partial charge in [0.1, 0.15) is 5.52 Å². The lowest BCUT2D eigenvalue weighted by Gasteiger charge is -2.20. The van der Waals surface area contributed by atoms with Gasteiger partial charge in [-0.05, 0) is 80.6 Å². The summed E-state index contributed by atoms with van der Waals surface area (Å²) in [6, 6.07) is 20.9. The highest BCUT2D eigenvalue weighted by atomic mass is 79.9. The van der Waals surface area contributed by atoms with Gasteiger partial charge in [-0.15, -0.1) is 0 Å². The molecule has 0 aliphatic carbocycles. The topological polar surface area (TPSA) is 58.4 Å². The molecule has 0 aliphatic heterocycles. The number of benzene rings is 3. The Morgan fingerprint density at radius 2 is 1.70 bits per heavy atom. The predicted octanol–water partition coefficient (Wildman–Crippen LogP) is 6.36. The second-order valence-electron chi connectivity index (χ2n) is 6.88. The van der Waals surface area contributed by atoms with Crippen molar-refractivity contribution in [3.63, 3.8) is 0 Å².